The van der Waals surface area contributed by atoms with Crippen molar-refractivity contribution in [2.75, 3.05) is 60.5 Å². The second kappa shape index (κ2) is 12.6. The summed E-state index contributed by atoms with van der Waals surface area (Å²) < 4.78 is 5.56. The van der Waals surface area contributed by atoms with Gasteiger partial charge in [-0.25, -0.2) is 0 Å². The summed E-state index contributed by atoms with van der Waals surface area (Å²) in [4.78, 5) is 23.5. The van der Waals surface area contributed by atoms with Crippen LogP contribution < -0.4 is 5.32 Å². The first kappa shape index (κ1) is 25.9. The highest BCUT2D eigenvalue weighted by Gasteiger charge is 2.31. The summed E-state index contributed by atoms with van der Waals surface area (Å²) in [5.41, 5.74) is 2.66. The molecule has 0 spiro atoms. The minimum Gasteiger partial charge on any atom is -0.368 e. The number of carbonyl (C=O) groups excluding carboxylic acids is 1. The molecule has 0 aromatic heterocycles. The predicted octanol–water partition coefficient (Wildman–Crippen LogP) is 2.37. The number of aryl methyl sites for hydroxylation is 1. The van der Waals surface area contributed by atoms with Crippen molar-refractivity contribution in [2.45, 2.75) is 38.3 Å². The molecule has 1 amide bonds. The lowest BCUT2D eigenvalue weighted by atomic mass is 10.0. The van der Waals surface area contributed by atoms with Gasteiger partial charge in [0.05, 0.1) is 6.04 Å². The predicted molar refractivity (Wildman–Crippen MR) is 136 cm³/mol. The Labute approximate surface area is 204 Å². The molecule has 7 nitrogen and oxygen atoms in total. The van der Waals surface area contributed by atoms with E-state index in [2.05, 4.69) is 65.4 Å². The number of nitrogens with zero attached hydrogens (tertiary/aromatic N) is 4. The van der Waals surface area contributed by atoms with Crippen LogP contribution in [0.1, 0.15) is 36.9 Å². The SMILES string of the molecule is CCc1ccc(C(CNC(=NC)N2CCN(C(=O)C3CCCO3)CC2)N(C)C)cc1.I. The molecule has 0 radical (unpaired) electrons. The van der Waals surface area contributed by atoms with Crippen molar-refractivity contribution in [1.82, 2.24) is 20.0 Å². The van der Waals surface area contributed by atoms with E-state index in [0.29, 0.717) is 6.61 Å². The van der Waals surface area contributed by atoms with E-state index in [1.807, 2.05) is 11.9 Å². The molecule has 3 rings (SSSR count). The number of rotatable bonds is 6. The van der Waals surface area contributed by atoms with Crippen LogP contribution in [0.5, 0.6) is 0 Å². The summed E-state index contributed by atoms with van der Waals surface area (Å²) in [6.07, 6.45) is 2.67. The van der Waals surface area contributed by atoms with Crippen LogP contribution >= 0.6 is 24.0 Å². The number of hydrogen-bond acceptors (Lipinski definition) is 4. The summed E-state index contributed by atoms with van der Waals surface area (Å²) in [5, 5.41) is 3.55. The van der Waals surface area contributed by atoms with E-state index in [-0.39, 0.29) is 42.0 Å². The molecular weight excluding hydrogens is 505 g/mol. The quantitative estimate of drug-likeness (QED) is 0.339. The van der Waals surface area contributed by atoms with Crippen LogP contribution in [-0.4, -0.2) is 93.1 Å². The van der Waals surface area contributed by atoms with Crippen LogP contribution in [0.3, 0.4) is 0 Å². The minimum absolute atomic E-state index is 0. The van der Waals surface area contributed by atoms with Gasteiger partial charge in [0, 0.05) is 46.4 Å². The molecule has 0 bridgehead atoms. The third-order valence-corrected chi connectivity index (χ3v) is 6.16. The van der Waals surface area contributed by atoms with Crippen molar-refractivity contribution >= 4 is 35.8 Å². The highest BCUT2D eigenvalue weighted by Crippen LogP contribution is 2.19. The summed E-state index contributed by atoms with van der Waals surface area (Å²) in [6, 6.07) is 9.14. The van der Waals surface area contributed by atoms with E-state index in [4.69, 9.17) is 4.74 Å². The zero-order chi connectivity index (χ0) is 21.5. The van der Waals surface area contributed by atoms with Gasteiger partial charge in [0.15, 0.2) is 5.96 Å². The molecule has 2 aliphatic heterocycles. The molecule has 2 heterocycles. The molecule has 8 heteroatoms. The second-order valence-electron chi connectivity index (χ2n) is 8.32. The lowest BCUT2D eigenvalue weighted by Crippen LogP contribution is -2.55. The number of carbonyl (C=O) groups is 1. The van der Waals surface area contributed by atoms with Crippen molar-refractivity contribution in [2.24, 2.45) is 4.99 Å². The van der Waals surface area contributed by atoms with Gasteiger partial charge in [0.2, 0.25) is 0 Å². The summed E-state index contributed by atoms with van der Waals surface area (Å²) in [7, 11) is 6.05. The van der Waals surface area contributed by atoms with E-state index in [0.717, 1.165) is 57.9 Å². The van der Waals surface area contributed by atoms with Crippen molar-refractivity contribution in [3.8, 4) is 0 Å². The average Bonchev–Trinajstić information content (AvgIpc) is 3.31. The third-order valence-electron chi connectivity index (χ3n) is 6.16. The van der Waals surface area contributed by atoms with Gasteiger partial charge in [0.1, 0.15) is 6.10 Å². The van der Waals surface area contributed by atoms with Crippen LogP contribution in [0.2, 0.25) is 0 Å². The molecule has 174 valence electrons. The maximum atomic E-state index is 12.6. The number of aliphatic imine (C=N–C) groups is 1. The smallest absolute Gasteiger partial charge is 0.251 e. The zero-order valence-electron chi connectivity index (χ0n) is 19.3. The van der Waals surface area contributed by atoms with Crippen molar-refractivity contribution in [3.05, 3.63) is 35.4 Å². The largest absolute Gasteiger partial charge is 0.368 e. The van der Waals surface area contributed by atoms with Crippen LogP contribution in [0.4, 0.5) is 0 Å². The normalized spacial score (nSPS) is 20.5. The molecule has 1 aromatic carbocycles. The molecule has 2 atom stereocenters. The van der Waals surface area contributed by atoms with Gasteiger partial charge in [-0.15, -0.1) is 24.0 Å². The van der Waals surface area contributed by atoms with Gasteiger partial charge in [-0.3, -0.25) is 9.79 Å². The van der Waals surface area contributed by atoms with E-state index in [1.165, 1.54) is 11.1 Å². The zero-order valence-corrected chi connectivity index (χ0v) is 21.7. The Morgan fingerprint density at radius 1 is 1.19 bits per heavy atom. The minimum atomic E-state index is -0.228. The Hall–Kier alpha value is -1.39. The standard InChI is InChI=1S/C23H37N5O2.HI/c1-5-18-8-10-19(11-9-18)20(26(3)4)17-25-23(24-2)28-14-12-27(13-15-28)22(29)21-7-6-16-30-21;/h8-11,20-21H,5-7,12-17H2,1-4H3,(H,24,25);1H. The Balaban J connectivity index is 0.00000341. The highest BCUT2D eigenvalue weighted by atomic mass is 127. The number of nitrogens with one attached hydrogen (secondary N) is 1. The van der Waals surface area contributed by atoms with Gasteiger partial charge in [-0.1, -0.05) is 31.2 Å². The van der Waals surface area contributed by atoms with E-state index in [9.17, 15) is 4.79 Å². The maximum absolute atomic E-state index is 12.6. The van der Waals surface area contributed by atoms with Crippen molar-refractivity contribution < 1.29 is 9.53 Å². The number of guanidine groups is 1. The molecule has 2 fully saturated rings. The second-order valence-corrected chi connectivity index (χ2v) is 8.32. The molecule has 31 heavy (non-hydrogen) atoms. The molecule has 2 unspecified atom stereocenters. The molecule has 0 saturated carbocycles. The van der Waals surface area contributed by atoms with E-state index in [1.54, 1.807) is 0 Å². The fourth-order valence-corrected chi connectivity index (χ4v) is 4.21. The number of ether oxygens (including phenoxy) is 1. The van der Waals surface area contributed by atoms with Crippen LogP contribution in [-0.2, 0) is 16.0 Å². The van der Waals surface area contributed by atoms with Gasteiger partial charge in [-0.2, -0.15) is 0 Å². The van der Waals surface area contributed by atoms with Gasteiger partial charge in [-0.05, 0) is 44.5 Å². The van der Waals surface area contributed by atoms with E-state index < -0.39 is 0 Å². The average molecular weight is 543 g/mol. The van der Waals surface area contributed by atoms with Crippen LogP contribution in [0, 0.1) is 0 Å². The highest BCUT2D eigenvalue weighted by molar-refractivity contribution is 14.0. The number of amides is 1. The fourth-order valence-electron chi connectivity index (χ4n) is 4.21. The monoisotopic (exact) mass is 543 g/mol. The number of hydrogen-bond donors (Lipinski definition) is 1. The van der Waals surface area contributed by atoms with Crippen LogP contribution in [0.25, 0.3) is 0 Å². The lowest BCUT2D eigenvalue weighted by molar-refractivity contribution is -0.142. The first-order valence-corrected chi connectivity index (χ1v) is 11.1. The lowest BCUT2D eigenvalue weighted by Gasteiger charge is -2.38. The Morgan fingerprint density at radius 2 is 1.84 bits per heavy atom. The molecule has 0 aliphatic carbocycles. The first-order chi connectivity index (χ1) is 14.5. The third kappa shape index (κ3) is 6.79. The van der Waals surface area contributed by atoms with E-state index >= 15 is 0 Å². The number of likely N-dealkylation sites (N-methyl/N-ethyl adjacent to an activating group) is 1. The molecule has 2 saturated heterocycles. The molecule has 2 aliphatic rings. The van der Waals surface area contributed by atoms with Crippen molar-refractivity contribution in [1.29, 1.82) is 0 Å². The number of piperazine rings is 1. The Bertz CT molecular complexity index is 711. The molecule has 1 N–H and O–H groups in total. The Morgan fingerprint density at radius 3 is 2.35 bits per heavy atom. The number of halogens is 1. The van der Waals surface area contributed by atoms with Gasteiger partial charge >= 0.3 is 0 Å². The fraction of sp³-hybridized carbons (Fsp3) is 0.652. The summed E-state index contributed by atoms with van der Waals surface area (Å²) >= 11 is 0. The topological polar surface area (TPSA) is 60.4 Å². The van der Waals surface area contributed by atoms with Crippen LogP contribution in [0.15, 0.2) is 29.3 Å². The molecular formula is C23H38IN5O2. The Kier molecular flexibility index (Phi) is 10.5. The molecule has 1 aromatic rings. The van der Waals surface area contributed by atoms with Gasteiger partial charge < -0.3 is 24.8 Å². The van der Waals surface area contributed by atoms with Crippen molar-refractivity contribution in [3.63, 3.8) is 0 Å². The van der Waals surface area contributed by atoms with Gasteiger partial charge in [0.25, 0.3) is 5.91 Å². The summed E-state index contributed by atoms with van der Waals surface area (Å²) in [5.74, 6) is 1.05. The maximum Gasteiger partial charge on any atom is 0.251 e. The number of benzene rings is 1. The summed E-state index contributed by atoms with van der Waals surface area (Å²) in [6.45, 7) is 6.68. The first-order valence-electron chi connectivity index (χ1n) is 11.1.